The van der Waals surface area contributed by atoms with Gasteiger partial charge in [-0.1, -0.05) is 23.9 Å². The van der Waals surface area contributed by atoms with Crippen molar-refractivity contribution in [2.24, 2.45) is 0 Å². The second kappa shape index (κ2) is 10.6. The lowest BCUT2D eigenvalue weighted by molar-refractivity contribution is -0.116. The minimum absolute atomic E-state index is 0.0676. The van der Waals surface area contributed by atoms with Crippen molar-refractivity contribution in [2.75, 3.05) is 16.4 Å². The number of aryl methyl sites for hydroxylation is 4. The normalized spacial score (nSPS) is 10.8. The maximum Gasteiger partial charge on any atom is 0.236 e. The first-order chi connectivity index (χ1) is 15.3. The van der Waals surface area contributed by atoms with Crippen LogP contribution in [0.4, 0.5) is 10.8 Å². The number of allylic oxidation sites excluding steroid dienone is 1. The molecule has 0 bridgehead atoms. The summed E-state index contributed by atoms with van der Waals surface area (Å²) in [5.41, 5.74) is 3.93. The number of carbonyl (C=O) groups excluding carboxylic acids is 2. The summed E-state index contributed by atoms with van der Waals surface area (Å²) >= 11 is 2.70. The van der Waals surface area contributed by atoms with Gasteiger partial charge >= 0.3 is 0 Å². The lowest BCUT2D eigenvalue weighted by Crippen LogP contribution is -2.18. The second-order valence-corrected chi connectivity index (χ2v) is 9.47. The number of hydrogen-bond acceptors (Lipinski definition) is 7. The Balaban J connectivity index is 1.62. The van der Waals surface area contributed by atoms with E-state index in [1.54, 1.807) is 10.6 Å². The van der Waals surface area contributed by atoms with E-state index in [1.807, 2.05) is 45.9 Å². The number of amides is 2. The molecule has 168 valence electrons. The zero-order chi connectivity index (χ0) is 23.3. The highest BCUT2D eigenvalue weighted by Crippen LogP contribution is 2.23. The summed E-state index contributed by atoms with van der Waals surface area (Å²) in [5, 5.41) is 15.2. The number of thioether (sulfide) groups is 1. The number of rotatable bonds is 9. The second-order valence-electron chi connectivity index (χ2n) is 7.32. The van der Waals surface area contributed by atoms with Crippen LogP contribution in [-0.4, -0.2) is 37.3 Å². The molecule has 0 spiro atoms. The molecule has 0 radical (unpaired) electrons. The highest BCUT2D eigenvalue weighted by molar-refractivity contribution is 7.99. The average Bonchev–Trinajstić information content (AvgIpc) is 3.25. The fraction of sp³-hybridized carbons (Fsp3) is 0.318. The first-order valence-electron chi connectivity index (χ1n) is 10.0. The summed E-state index contributed by atoms with van der Waals surface area (Å²) in [5.74, 6) is 0.308. The fourth-order valence-electron chi connectivity index (χ4n) is 2.85. The lowest BCUT2D eigenvalue weighted by atomic mass is 10.1. The number of aromatic nitrogens is 4. The Kier molecular flexibility index (Phi) is 7.81. The molecule has 0 aliphatic rings. The van der Waals surface area contributed by atoms with Crippen molar-refractivity contribution >= 4 is 45.7 Å². The van der Waals surface area contributed by atoms with Gasteiger partial charge in [-0.15, -0.1) is 28.1 Å². The van der Waals surface area contributed by atoms with Gasteiger partial charge in [-0.05, 0) is 51.0 Å². The summed E-state index contributed by atoms with van der Waals surface area (Å²) in [6.07, 6.45) is 1.78. The standard InChI is InChI=1S/C22H26N6O2S2/c1-6-9-28-18(11-19(29)24-17-8-7-13(2)14(3)10-17)26-27-22(28)31-12-20(30)25-21-23-15(4)16(5)32-21/h6-8,10H,1,9,11-12H2,2-5H3,(H,24,29)(H,23,25,30). The maximum atomic E-state index is 12.5. The van der Waals surface area contributed by atoms with Gasteiger partial charge in [0.1, 0.15) is 5.82 Å². The van der Waals surface area contributed by atoms with Gasteiger partial charge in [-0.25, -0.2) is 4.98 Å². The number of nitrogens with zero attached hydrogens (tertiary/aromatic N) is 4. The molecule has 0 saturated carbocycles. The van der Waals surface area contributed by atoms with Crippen molar-refractivity contribution in [2.45, 2.75) is 45.8 Å². The SMILES string of the molecule is C=CCn1c(CC(=O)Nc2ccc(C)c(C)c2)nnc1SCC(=O)Nc1nc(C)c(C)s1. The van der Waals surface area contributed by atoms with Gasteiger partial charge in [0.25, 0.3) is 0 Å². The van der Waals surface area contributed by atoms with Gasteiger partial charge in [0.2, 0.25) is 11.8 Å². The molecule has 0 aliphatic heterocycles. The van der Waals surface area contributed by atoms with Crippen molar-refractivity contribution in [1.29, 1.82) is 0 Å². The largest absolute Gasteiger partial charge is 0.326 e. The van der Waals surface area contributed by atoms with Gasteiger partial charge in [-0.2, -0.15) is 0 Å². The molecular weight excluding hydrogens is 444 g/mol. The summed E-state index contributed by atoms with van der Waals surface area (Å²) in [7, 11) is 0. The number of carbonyl (C=O) groups is 2. The van der Waals surface area contributed by atoms with Crippen LogP contribution in [0.1, 0.15) is 27.5 Å². The van der Waals surface area contributed by atoms with Crippen LogP contribution in [0.3, 0.4) is 0 Å². The monoisotopic (exact) mass is 470 g/mol. The molecule has 0 saturated heterocycles. The molecule has 0 unspecified atom stereocenters. The van der Waals surface area contributed by atoms with Gasteiger partial charge in [0.05, 0.1) is 17.9 Å². The molecule has 2 amide bonds. The first-order valence-corrected chi connectivity index (χ1v) is 11.8. The summed E-state index contributed by atoms with van der Waals surface area (Å²) in [4.78, 5) is 30.2. The van der Waals surface area contributed by atoms with E-state index in [4.69, 9.17) is 0 Å². The molecule has 2 aromatic heterocycles. The fourth-order valence-corrected chi connectivity index (χ4v) is 4.45. The third-order valence-corrected chi connectivity index (χ3v) is 6.78. The summed E-state index contributed by atoms with van der Waals surface area (Å²) in [6.45, 7) is 12.1. The number of anilines is 2. The van der Waals surface area contributed by atoms with Gasteiger partial charge < -0.3 is 15.2 Å². The highest BCUT2D eigenvalue weighted by atomic mass is 32.2. The molecule has 0 aliphatic carbocycles. The van der Waals surface area contributed by atoms with Crippen molar-refractivity contribution in [3.8, 4) is 0 Å². The maximum absolute atomic E-state index is 12.5. The zero-order valence-corrected chi connectivity index (χ0v) is 20.2. The molecular formula is C22H26N6O2S2. The van der Waals surface area contributed by atoms with Crippen molar-refractivity contribution < 1.29 is 9.59 Å². The quantitative estimate of drug-likeness (QED) is 0.361. The van der Waals surface area contributed by atoms with E-state index >= 15 is 0 Å². The third kappa shape index (κ3) is 6.04. The number of hydrogen-bond donors (Lipinski definition) is 2. The van der Waals surface area contributed by atoms with E-state index < -0.39 is 0 Å². The van der Waals surface area contributed by atoms with Gasteiger partial charge in [0.15, 0.2) is 10.3 Å². The summed E-state index contributed by atoms with van der Waals surface area (Å²) in [6, 6.07) is 5.78. The van der Waals surface area contributed by atoms with Crippen LogP contribution in [0.5, 0.6) is 0 Å². The molecule has 0 fully saturated rings. The summed E-state index contributed by atoms with van der Waals surface area (Å²) < 4.78 is 1.79. The Morgan fingerprint density at radius 1 is 1.12 bits per heavy atom. The molecule has 1 aromatic carbocycles. The van der Waals surface area contributed by atoms with Crippen molar-refractivity contribution in [3.05, 3.63) is 58.4 Å². The topological polar surface area (TPSA) is 102 Å². The van der Waals surface area contributed by atoms with Crippen molar-refractivity contribution in [3.63, 3.8) is 0 Å². The Morgan fingerprint density at radius 3 is 2.56 bits per heavy atom. The predicted octanol–water partition coefficient (Wildman–Crippen LogP) is 4.07. The third-order valence-electron chi connectivity index (χ3n) is 4.82. The van der Waals surface area contributed by atoms with E-state index in [9.17, 15) is 9.59 Å². The Hall–Kier alpha value is -2.98. The van der Waals surface area contributed by atoms with Crippen LogP contribution in [0.2, 0.25) is 0 Å². The van der Waals surface area contributed by atoms with Gasteiger partial charge in [0, 0.05) is 17.1 Å². The lowest BCUT2D eigenvalue weighted by Gasteiger charge is -2.09. The van der Waals surface area contributed by atoms with Crippen LogP contribution in [0, 0.1) is 27.7 Å². The predicted molar refractivity (Wildman–Crippen MR) is 129 cm³/mol. The number of benzene rings is 1. The molecule has 3 rings (SSSR count). The van der Waals surface area contributed by atoms with Crippen molar-refractivity contribution in [1.82, 2.24) is 19.7 Å². The van der Waals surface area contributed by atoms with E-state index in [2.05, 4.69) is 32.4 Å². The minimum Gasteiger partial charge on any atom is -0.326 e. The van der Waals surface area contributed by atoms with E-state index in [1.165, 1.54) is 28.7 Å². The van der Waals surface area contributed by atoms with Crippen LogP contribution in [0.25, 0.3) is 0 Å². The molecule has 3 aromatic rings. The molecule has 8 nitrogen and oxygen atoms in total. The Bertz CT molecular complexity index is 1130. The van der Waals surface area contributed by atoms with E-state index in [0.717, 1.165) is 21.8 Å². The van der Waals surface area contributed by atoms with Crippen LogP contribution in [-0.2, 0) is 22.6 Å². The number of thiazole rings is 1. The highest BCUT2D eigenvalue weighted by Gasteiger charge is 2.17. The number of nitrogens with one attached hydrogen (secondary N) is 2. The molecule has 0 atom stereocenters. The first kappa shape index (κ1) is 23.7. The van der Waals surface area contributed by atoms with Crippen LogP contribution >= 0.6 is 23.1 Å². The van der Waals surface area contributed by atoms with E-state index in [-0.39, 0.29) is 24.0 Å². The Morgan fingerprint density at radius 2 is 1.91 bits per heavy atom. The molecule has 2 N–H and O–H groups in total. The van der Waals surface area contributed by atoms with Crippen LogP contribution < -0.4 is 10.6 Å². The molecule has 2 heterocycles. The van der Waals surface area contributed by atoms with Gasteiger partial charge in [-0.3, -0.25) is 9.59 Å². The smallest absolute Gasteiger partial charge is 0.236 e. The Labute approximate surface area is 195 Å². The molecule has 10 heteroatoms. The zero-order valence-electron chi connectivity index (χ0n) is 18.6. The minimum atomic E-state index is -0.185. The molecule has 32 heavy (non-hydrogen) atoms. The van der Waals surface area contributed by atoms with Crippen LogP contribution in [0.15, 0.2) is 36.0 Å². The van der Waals surface area contributed by atoms with E-state index in [0.29, 0.717) is 22.7 Å². The average molecular weight is 471 g/mol.